The first-order chi connectivity index (χ1) is 29.1. The second-order valence-electron chi connectivity index (χ2n) is 17.2. The molecule has 0 spiro atoms. The van der Waals surface area contributed by atoms with Gasteiger partial charge >= 0.3 is 11.9 Å². The Kier molecular flexibility index (Phi) is 48.4. The summed E-state index contributed by atoms with van der Waals surface area (Å²) in [5, 5.41) is 9.60. The standard InChI is InChI=1S/C54H98O5/c1-3-5-7-9-11-13-15-17-19-20-21-22-23-24-25-26-27-28-29-30-31-32-33-34-35-37-39-41-43-45-47-49-54(57)59-52(50-55)51-58-53(56)48-46-44-42-40-38-36-18-16-14-12-10-8-6-4-2/h10,12,15-18,20-21,52,55H,3-9,11,13-14,19,22-51H2,1-2H3/b12-10-,17-15-,18-16-,21-20-. The highest BCUT2D eigenvalue weighted by Crippen LogP contribution is 2.16. The second-order valence-corrected chi connectivity index (χ2v) is 17.2. The van der Waals surface area contributed by atoms with Crippen LogP contribution in [0.5, 0.6) is 0 Å². The number of hydrogen-bond acceptors (Lipinski definition) is 5. The van der Waals surface area contributed by atoms with Crippen LogP contribution in [-0.2, 0) is 19.1 Å². The Morgan fingerprint density at radius 1 is 0.390 bits per heavy atom. The Balaban J connectivity index is 3.44. The van der Waals surface area contributed by atoms with Gasteiger partial charge in [-0.2, -0.15) is 0 Å². The fourth-order valence-corrected chi connectivity index (χ4v) is 7.43. The zero-order valence-corrected chi connectivity index (χ0v) is 39.3. The van der Waals surface area contributed by atoms with Crippen LogP contribution in [-0.4, -0.2) is 36.4 Å². The van der Waals surface area contributed by atoms with Gasteiger partial charge in [-0.25, -0.2) is 0 Å². The molecular weight excluding hydrogens is 729 g/mol. The Morgan fingerprint density at radius 2 is 0.695 bits per heavy atom. The second kappa shape index (κ2) is 50.2. The number of aliphatic hydroxyl groups excluding tert-OH is 1. The van der Waals surface area contributed by atoms with Crippen LogP contribution >= 0.6 is 0 Å². The number of esters is 2. The topological polar surface area (TPSA) is 72.8 Å². The van der Waals surface area contributed by atoms with Gasteiger partial charge in [0, 0.05) is 12.8 Å². The molecule has 5 heteroatoms. The van der Waals surface area contributed by atoms with E-state index in [0.29, 0.717) is 12.8 Å². The maximum absolute atomic E-state index is 12.3. The Bertz CT molecular complexity index is 981. The fraction of sp³-hybridized carbons (Fsp3) is 0.815. The van der Waals surface area contributed by atoms with Gasteiger partial charge in [-0.05, 0) is 70.6 Å². The van der Waals surface area contributed by atoms with E-state index in [0.717, 1.165) is 57.8 Å². The monoisotopic (exact) mass is 827 g/mol. The summed E-state index contributed by atoms with van der Waals surface area (Å²) in [5.41, 5.74) is 0. The third-order valence-corrected chi connectivity index (χ3v) is 11.3. The predicted octanol–water partition coefficient (Wildman–Crippen LogP) is 16.9. The largest absolute Gasteiger partial charge is 0.462 e. The molecule has 0 aromatic carbocycles. The van der Waals surface area contributed by atoms with Crippen LogP contribution in [0.1, 0.15) is 264 Å². The molecule has 0 aliphatic rings. The number of unbranched alkanes of at least 4 members (excludes halogenated alkanes) is 31. The average Bonchev–Trinajstić information content (AvgIpc) is 3.24. The van der Waals surface area contributed by atoms with Gasteiger partial charge < -0.3 is 14.6 Å². The molecule has 1 N–H and O–H groups in total. The minimum Gasteiger partial charge on any atom is -0.462 e. The van der Waals surface area contributed by atoms with E-state index >= 15 is 0 Å². The molecule has 344 valence electrons. The van der Waals surface area contributed by atoms with Crippen LogP contribution in [0.25, 0.3) is 0 Å². The van der Waals surface area contributed by atoms with Crippen LogP contribution in [0, 0.1) is 0 Å². The molecule has 0 radical (unpaired) electrons. The first-order valence-corrected chi connectivity index (χ1v) is 25.7. The van der Waals surface area contributed by atoms with Gasteiger partial charge in [0.2, 0.25) is 0 Å². The minimum atomic E-state index is -0.776. The first-order valence-electron chi connectivity index (χ1n) is 25.7. The van der Waals surface area contributed by atoms with E-state index in [9.17, 15) is 14.7 Å². The van der Waals surface area contributed by atoms with Gasteiger partial charge in [0.25, 0.3) is 0 Å². The van der Waals surface area contributed by atoms with Gasteiger partial charge in [0.1, 0.15) is 6.61 Å². The lowest BCUT2D eigenvalue weighted by Crippen LogP contribution is -2.28. The van der Waals surface area contributed by atoms with E-state index in [-0.39, 0.29) is 25.2 Å². The maximum atomic E-state index is 12.3. The van der Waals surface area contributed by atoms with Crippen molar-refractivity contribution in [3.8, 4) is 0 Å². The summed E-state index contributed by atoms with van der Waals surface area (Å²) in [6, 6.07) is 0. The normalized spacial score (nSPS) is 12.5. The van der Waals surface area contributed by atoms with E-state index in [1.54, 1.807) is 0 Å². The molecule has 1 atom stereocenters. The molecule has 0 aliphatic carbocycles. The van der Waals surface area contributed by atoms with E-state index in [1.165, 1.54) is 180 Å². The van der Waals surface area contributed by atoms with Crippen LogP contribution in [0.2, 0.25) is 0 Å². The number of allylic oxidation sites excluding steroid dienone is 8. The number of carbonyl (C=O) groups excluding carboxylic acids is 2. The third kappa shape index (κ3) is 48.4. The van der Waals surface area contributed by atoms with Crippen LogP contribution < -0.4 is 0 Å². The Labute approximate surface area is 367 Å². The summed E-state index contributed by atoms with van der Waals surface area (Å²) in [5.74, 6) is -0.599. The highest BCUT2D eigenvalue weighted by molar-refractivity contribution is 5.70. The highest BCUT2D eigenvalue weighted by Gasteiger charge is 2.16. The van der Waals surface area contributed by atoms with E-state index in [2.05, 4.69) is 62.5 Å². The van der Waals surface area contributed by atoms with E-state index < -0.39 is 6.10 Å². The molecular formula is C54H98O5. The lowest BCUT2D eigenvalue weighted by Gasteiger charge is -2.15. The Hall–Kier alpha value is -2.14. The van der Waals surface area contributed by atoms with Gasteiger partial charge in [0.15, 0.2) is 6.10 Å². The molecule has 0 fully saturated rings. The third-order valence-electron chi connectivity index (χ3n) is 11.3. The molecule has 1 unspecified atom stereocenters. The van der Waals surface area contributed by atoms with Gasteiger partial charge in [-0.1, -0.05) is 229 Å². The van der Waals surface area contributed by atoms with E-state index in [4.69, 9.17) is 9.47 Å². The molecule has 0 bridgehead atoms. The quantitative estimate of drug-likeness (QED) is 0.0376. The van der Waals surface area contributed by atoms with Crippen LogP contribution in [0.15, 0.2) is 48.6 Å². The van der Waals surface area contributed by atoms with Crippen molar-refractivity contribution in [3.05, 3.63) is 48.6 Å². The summed E-state index contributed by atoms with van der Waals surface area (Å²) >= 11 is 0. The smallest absolute Gasteiger partial charge is 0.306 e. The van der Waals surface area contributed by atoms with Crippen molar-refractivity contribution >= 4 is 11.9 Å². The summed E-state index contributed by atoms with van der Waals surface area (Å²) in [6.07, 6.45) is 65.0. The average molecular weight is 827 g/mol. The molecule has 0 amide bonds. The maximum Gasteiger partial charge on any atom is 0.306 e. The van der Waals surface area contributed by atoms with Crippen molar-refractivity contribution in [2.75, 3.05) is 13.2 Å². The molecule has 0 saturated heterocycles. The minimum absolute atomic E-state index is 0.0712. The van der Waals surface area contributed by atoms with Crippen molar-refractivity contribution in [3.63, 3.8) is 0 Å². The van der Waals surface area contributed by atoms with Crippen LogP contribution in [0.4, 0.5) is 0 Å². The first kappa shape index (κ1) is 56.9. The molecule has 0 aromatic heterocycles. The number of rotatable bonds is 47. The molecule has 0 aliphatic heterocycles. The molecule has 59 heavy (non-hydrogen) atoms. The van der Waals surface area contributed by atoms with Crippen molar-refractivity contribution < 1.29 is 24.2 Å². The van der Waals surface area contributed by atoms with Gasteiger partial charge in [-0.3, -0.25) is 9.59 Å². The highest BCUT2D eigenvalue weighted by atomic mass is 16.6. The van der Waals surface area contributed by atoms with Crippen molar-refractivity contribution in [1.29, 1.82) is 0 Å². The summed E-state index contributed by atoms with van der Waals surface area (Å²) < 4.78 is 10.6. The van der Waals surface area contributed by atoms with Crippen molar-refractivity contribution in [2.24, 2.45) is 0 Å². The molecule has 0 saturated carbocycles. The SMILES string of the molecule is CCCC/C=C\C/C=C\CCCCCCCC(=O)OCC(CO)OC(=O)CCCCCCCCCCCCCCCCCCCCC/C=C\C/C=C\CCCCCCC. The van der Waals surface area contributed by atoms with Crippen LogP contribution in [0.3, 0.4) is 0 Å². The predicted molar refractivity (Wildman–Crippen MR) is 256 cm³/mol. The number of ether oxygens (including phenoxy) is 2. The van der Waals surface area contributed by atoms with Crippen molar-refractivity contribution in [1.82, 2.24) is 0 Å². The zero-order valence-electron chi connectivity index (χ0n) is 39.3. The lowest BCUT2D eigenvalue weighted by molar-refractivity contribution is -0.161. The number of carbonyl (C=O) groups is 2. The summed E-state index contributed by atoms with van der Waals surface area (Å²) in [6.45, 7) is 4.09. The molecule has 5 nitrogen and oxygen atoms in total. The Morgan fingerprint density at radius 3 is 1.05 bits per heavy atom. The summed E-state index contributed by atoms with van der Waals surface area (Å²) in [7, 11) is 0. The number of aliphatic hydroxyl groups is 1. The lowest BCUT2D eigenvalue weighted by atomic mass is 10.0. The van der Waals surface area contributed by atoms with Crippen molar-refractivity contribution in [2.45, 2.75) is 270 Å². The van der Waals surface area contributed by atoms with Gasteiger partial charge in [0.05, 0.1) is 6.61 Å². The molecule has 0 rings (SSSR count). The zero-order chi connectivity index (χ0) is 42.8. The van der Waals surface area contributed by atoms with Gasteiger partial charge in [-0.15, -0.1) is 0 Å². The number of hydrogen-bond donors (Lipinski definition) is 1. The van der Waals surface area contributed by atoms with E-state index in [1.807, 2.05) is 0 Å². The summed E-state index contributed by atoms with van der Waals surface area (Å²) in [4.78, 5) is 24.4. The molecule has 0 heterocycles. The molecule has 0 aromatic rings. The fourth-order valence-electron chi connectivity index (χ4n) is 7.43.